The number of aliphatic imine (C=N–C) groups is 1. The van der Waals surface area contributed by atoms with Crippen molar-refractivity contribution in [2.75, 3.05) is 25.1 Å². The van der Waals surface area contributed by atoms with Gasteiger partial charge in [0, 0.05) is 43.0 Å². The zero-order chi connectivity index (χ0) is 32.3. The number of hydrogen-bond acceptors (Lipinski definition) is 7. The van der Waals surface area contributed by atoms with Gasteiger partial charge in [0.2, 0.25) is 5.88 Å². The zero-order valence-electron chi connectivity index (χ0n) is 25.6. The van der Waals surface area contributed by atoms with Crippen molar-refractivity contribution < 1.29 is 27.0 Å². The van der Waals surface area contributed by atoms with Crippen LogP contribution in [-0.2, 0) is 24.4 Å². The Morgan fingerprint density at radius 3 is 2.31 bits per heavy atom. The van der Waals surface area contributed by atoms with Gasteiger partial charge in [-0.05, 0) is 43.9 Å². The minimum atomic E-state index is -1.02. The third-order valence-corrected chi connectivity index (χ3v) is 7.84. The van der Waals surface area contributed by atoms with E-state index in [0.29, 0.717) is 17.5 Å². The molecule has 0 saturated heterocycles. The largest absolute Gasteiger partial charge is 0.486 e. The molecule has 4 rings (SSSR count). The van der Waals surface area contributed by atoms with Crippen molar-refractivity contribution in [3.8, 4) is 5.88 Å². The summed E-state index contributed by atoms with van der Waals surface area (Å²) < 4.78 is 67.7. The summed E-state index contributed by atoms with van der Waals surface area (Å²) in [6.45, 7) is 7.55. The molecule has 1 aliphatic carbocycles. The van der Waals surface area contributed by atoms with Crippen LogP contribution >= 0.6 is 0 Å². The highest BCUT2D eigenvalue weighted by molar-refractivity contribution is 5.76. The van der Waals surface area contributed by atoms with E-state index < -0.39 is 23.3 Å². The van der Waals surface area contributed by atoms with E-state index in [1.165, 1.54) is 63.3 Å². The SMILES string of the molecule is C=C(N=C/C(=C\N)OCc1cccc(F)c1F)N(Cc1cccc(F)c1F)Cc1nc(OC)ccc1N(CC)CC1CCCC1. The van der Waals surface area contributed by atoms with Crippen LogP contribution in [0.2, 0.25) is 0 Å². The first-order chi connectivity index (χ1) is 21.7. The number of allylic oxidation sites excluding steroid dienone is 1. The molecule has 2 N–H and O–H groups in total. The second kappa shape index (κ2) is 16.0. The number of anilines is 1. The molecular formula is C34H39F4N5O2. The van der Waals surface area contributed by atoms with Gasteiger partial charge in [-0.2, -0.15) is 0 Å². The van der Waals surface area contributed by atoms with Gasteiger partial charge in [-0.3, -0.25) is 0 Å². The van der Waals surface area contributed by atoms with E-state index >= 15 is 0 Å². The molecule has 1 aromatic heterocycles. The smallest absolute Gasteiger partial charge is 0.213 e. The maximum Gasteiger partial charge on any atom is 0.213 e. The Bertz CT molecular complexity index is 1520. The van der Waals surface area contributed by atoms with Crippen LogP contribution in [0.15, 0.2) is 77.9 Å². The van der Waals surface area contributed by atoms with E-state index in [1.807, 2.05) is 6.07 Å². The van der Waals surface area contributed by atoms with Crippen LogP contribution in [0.25, 0.3) is 0 Å². The number of nitrogens with two attached hydrogens (primary N) is 1. The molecule has 0 amide bonds. The van der Waals surface area contributed by atoms with Crippen molar-refractivity contribution in [3.63, 3.8) is 0 Å². The van der Waals surface area contributed by atoms with Crippen molar-refractivity contribution in [1.82, 2.24) is 9.88 Å². The van der Waals surface area contributed by atoms with E-state index in [-0.39, 0.29) is 42.4 Å². The second-order valence-corrected chi connectivity index (χ2v) is 10.8. The number of aromatic nitrogens is 1. The third kappa shape index (κ3) is 8.77. The Labute approximate surface area is 261 Å². The summed E-state index contributed by atoms with van der Waals surface area (Å²) in [5.74, 6) is -2.73. The highest BCUT2D eigenvalue weighted by Gasteiger charge is 2.23. The fourth-order valence-electron chi connectivity index (χ4n) is 5.36. The number of pyridine rings is 1. The quantitative estimate of drug-likeness (QED) is 0.109. The Kier molecular flexibility index (Phi) is 11.8. The summed E-state index contributed by atoms with van der Waals surface area (Å²) in [5, 5.41) is 0. The summed E-state index contributed by atoms with van der Waals surface area (Å²) in [4.78, 5) is 13.1. The molecule has 240 valence electrons. The molecule has 0 bridgehead atoms. The number of methoxy groups -OCH3 is 1. The fourth-order valence-corrected chi connectivity index (χ4v) is 5.36. The van der Waals surface area contributed by atoms with Gasteiger partial charge < -0.3 is 25.0 Å². The zero-order valence-corrected chi connectivity index (χ0v) is 25.6. The lowest BCUT2D eigenvalue weighted by Crippen LogP contribution is -2.31. The van der Waals surface area contributed by atoms with Crippen molar-refractivity contribution >= 4 is 11.9 Å². The van der Waals surface area contributed by atoms with Crippen LogP contribution in [-0.4, -0.2) is 36.3 Å². The lowest BCUT2D eigenvalue weighted by Gasteiger charge is -2.31. The molecule has 1 fully saturated rings. The molecular weight excluding hydrogens is 586 g/mol. The summed E-state index contributed by atoms with van der Waals surface area (Å²) >= 11 is 0. The van der Waals surface area contributed by atoms with Crippen molar-refractivity contribution in [1.29, 1.82) is 0 Å². The minimum Gasteiger partial charge on any atom is -0.486 e. The molecule has 2 aromatic carbocycles. The lowest BCUT2D eigenvalue weighted by atomic mass is 10.1. The first-order valence-corrected chi connectivity index (χ1v) is 14.9. The average Bonchev–Trinajstić information content (AvgIpc) is 3.57. The van der Waals surface area contributed by atoms with Gasteiger partial charge in [-0.1, -0.05) is 43.7 Å². The van der Waals surface area contributed by atoms with Crippen LogP contribution in [0, 0.1) is 29.2 Å². The molecule has 0 atom stereocenters. The van der Waals surface area contributed by atoms with Crippen LogP contribution < -0.4 is 15.4 Å². The van der Waals surface area contributed by atoms with E-state index in [9.17, 15) is 17.6 Å². The predicted octanol–water partition coefficient (Wildman–Crippen LogP) is 7.22. The van der Waals surface area contributed by atoms with E-state index in [2.05, 4.69) is 23.4 Å². The number of ether oxygens (including phenoxy) is 2. The molecule has 45 heavy (non-hydrogen) atoms. The van der Waals surface area contributed by atoms with Crippen LogP contribution in [0.4, 0.5) is 23.2 Å². The van der Waals surface area contributed by atoms with Crippen LogP contribution in [0.1, 0.15) is 49.4 Å². The predicted molar refractivity (Wildman–Crippen MR) is 167 cm³/mol. The fraction of sp³-hybridized carbons (Fsp3) is 0.353. The second-order valence-electron chi connectivity index (χ2n) is 10.8. The summed E-state index contributed by atoms with van der Waals surface area (Å²) in [6.07, 6.45) is 7.19. The maximum absolute atomic E-state index is 14.8. The van der Waals surface area contributed by atoms with Crippen molar-refractivity contribution in [2.45, 2.75) is 52.3 Å². The molecule has 7 nitrogen and oxygen atoms in total. The number of nitrogens with zero attached hydrogens (tertiary/aromatic N) is 4. The van der Waals surface area contributed by atoms with Gasteiger partial charge in [-0.25, -0.2) is 27.5 Å². The maximum atomic E-state index is 14.8. The Hall–Kier alpha value is -4.54. The first-order valence-electron chi connectivity index (χ1n) is 14.9. The first kappa shape index (κ1) is 33.4. The molecule has 1 saturated carbocycles. The van der Waals surface area contributed by atoms with Crippen molar-refractivity contribution in [3.05, 3.63) is 113 Å². The van der Waals surface area contributed by atoms with Crippen LogP contribution in [0.5, 0.6) is 5.88 Å². The average molecular weight is 626 g/mol. The monoisotopic (exact) mass is 625 g/mol. The molecule has 0 aliphatic heterocycles. The molecule has 11 heteroatoms. The molecule has 1 aliphatic rings. The van der Waals surface area contributed by atoms with E-state index in [0.717, 1.165) is 37.1 Å². The third-order valence-electron chi connectivity index (χ3n) is 7.84. The number of halogens is 4. The van der Waals surface area contributed by atoms with Gasteiger partial charge >= 0.3 is 0 Å². The lowest BCUT2D eigenvalue weighted by molar-refractivity contribution is 0.213. The standard InChI is InChI=1S/C34H39F4N5O2/c1-4-42(19-24-9-5-6-10-24)31-15-16-32(44-3)41-30(31)21-43(20-25-11-7-13-28(35)33(25)37)23(2)40-18-27(17-39)45-22-26-12-8-14-29(36)34(26)38/h7-8,11-18,24H,2,4-6,9-10,19-22,39H2,1,3H3/b27-17+,40-18?. The molecule has 1 heterocycles. The molecule has 0 spiro atoms. The molecule has 3 aromatic rings. The van der Waals surface area contributed by atoms with Gasteiger partial charge in [0.25, 0.3) is 0 Å². The van der Waals surface area contributed by atoms with Crippen LogP contribution in [0.3, 0.4) is 0 Å². The number of benzene rings is 2. The Morgan fingerprint density at radius 1 is 1.00 bits per heavy atom. The molecule has 0 radical (unpaired) electrons. The summed E-state index contributed by atoms with van der Waals surface area (Å²) in [5.41, 5.74) is 7.35. The Morgan fingerprint density at radius 2 is 1.67 bits per heavy atom. The number of rotatable bonds is 15. The topological polar surface area (TPSA) is 76.2 Å². The summed E-state index contributed by atoms with van der Waals surface area (Å²) in [7, 11) is 1.53. The number of hydrogen-bond donors (Lipinski definition) is 1. The van der Waals surface area contributed by atoms with Gasteiger partial charge in [0.05, 0.1) is 31.3 Å². The minimum absolute atomic E-state index is 0.000469. The Balaban J connectivity index is 1.61. The van der Waals surface area contributed by atoms with Gasteiger partial charge in [0.15, 0.2) is 29.0 Å². The highest BCUT2D eigenvalue weighted by Crippen LogP contribution is 2.31. The van der Waals surface area contributed by atoms with Crippen molar-refractivity contribution in [2.24, 2.45) is 16.6 Å². The van der Waals surface area contributed by atoms with E-state index in [1.54, 1.807) is 11.0 Å². The van der Waals surface area contributed by atoms with E-state index in [4.69, 9.17) is 20.2 Å². The van der Waals surface area contributed by atoms with Gasteiger partial charge in [0.1, 0.15) is 12.4 Å². The summed E-state index contributed by atoms with van der Waals surface area (Å²) in [6, 6.07) is 11.5. The van der Waals surface area contributed by atoms with Gasteiger partial charge in [-0.15, -0.1) is 0 Å². The highest BCUT2D eigenvalue weighted by atomic mass is 19.2. The normalized spacial score (nSPS) is 13.8. The molecule has 0 unspecified atom stereocenters.